The highest BCUT2D eigenvalue weighted by Crippen LogP contribution is 2.30. The van der Waals surface area contributed by atoms with Crippen LogP contribution in [0.5, 0.6) is 0 Å². The number of morpholine rings is 1. The fraction of sp³-hybridized carbons (Fsp3) is 0.346. The highest BCUT2D eigenvalue weighted by molar-refractivity contribution is 5.78. The number of hydrogen-bond acceptors (Lipinski definition) is 7. The van der Waals surface area contributed by atoms with Crippen LogP contribution in [0.25, 0.3) is 28.2 Å². The summed E-state index contributed by atoms with van der Waals surface area (Å²) in [5.74, 6) is 0.502. The summed E-state index contributed by atoms with van der Waals surface area (Å²) in [6, 6.07) is 17.3. The molecule has 2 saturated heterocycles. The van der Waals surface area contributed by atoms with Crippen molar-refractivity contribution in [1.82, 2.24) is 24.8 Å². The summed E-state index contributed by atoms with van der Waals surface area (Å²) < 4.78 is 35.0. The molecule has 4 heterocycles. The third-order valence-corrected chi connectivity index (χ3v) is 6.66. The van der Waals surface area contributed by atoms with E-state index in [9.17, 15) is 8.78 Å². The summed E-state index contributed by atoms with van der Waals surface area (Å²) in [6.45, 7) is 6.37. The van der Waals surface area contributed by atoms with Crippen LogP contribution in [0, 0.1) is 0 Å². The summed E-state index contributed by atoms with van der Waals surface area (Å²) in [7, 11) is 0. The maximum absolute atomic E-state index is 14.1. The van der Waals surface area contributed by atoms with Gasteiger partial charge in [0, 0.05) is 56.6 Å². The van der Waals surface area contributed by atoms with Crippen molar-refractivity contribution < 1.29 is 13.5 Å². The maximum Gasteiger partial charge on any atom is 0.296 e. The Morgan fingerprint density at radius 1 is 0.833 bits per heavy atom. The third kappa shape index (κ3) is 4.38. The van der Waals surface area contributed by atoms with Crippen LogP contribution in [-0.2, 0) is 4.74 Å². The van der Waals surface area contributed by atoms with Crippen molar-refractivity contribution in [3.8, 4) is 17.2 Å². The number of anilines is 2. The van der Waals surface area contributed by atoms with Crippen LogP contribution in [0.1, 0.15) is 12.2 Å². The van der Waals surface area contributed by atoms with Gasteiger partial charge in [-0.15, -0.1) is 0 Å². The van der Waals surface area contributed by atoms with Gasteiger partial charge < -0.3 is 19.9 Å². The Kier molecular flexibility index (Phi) is 6.20. The van der Waals surface area contributed by atoms with Gasteiger partial charge in [-0.25, -0.2) is 18.7 Å². The molecule has 0 bridgehead atoms. The van der Waals surface area contributed by atoms with Gasteiger partial charge in [-0.2, -0.15) is 4.98 Å². The summed E-state index contributed by atoms with van der Waals surface area (Å²) in [6.07, 6.45) is -2.77. The molecule has 6 rings (SSSR count). The zero-order chi connectivity index (χ0) is 24.5. The molecular weight excluding hydrogens is 464 g/mol. The molecule has 4 aromatic rings. The Balaban J connectivity index is 1.46. The van der Waals surface area contributed by atoms with Gasteiger partial charge in [0.25, 0.3) is 6.43 Å². The molecule has 0 radical (unpaired) electrons. The monoisotopic (exact) mass is 491 g/mol. The number of rotatable bonds is 5. The van der Waals surface area contributed by atoms with Gasteiger partial charge >= 0.3 is 0 Å². The number of imidazole rings is 1. The zero-order valence-corrected chi connectivity index (χ0v) is 19.8. The Morgan fingerprint density at radius 3 is 2.33 bits per heavy atom. The fourth-order valence-electron chi connectivity index (χ4n) is 4.79. The molecule has 10 heteroatoms. The highest BCUT2D eigenvalue weighted by atomic mass is 19.3. The predicted molar refractivity (Wildman–Crippen MR) is 135 cm³/mol. The van der Waals surface area contributed by atoms with E-state index >= 15 is 0 Å². The molecule has 186 valence electrons. The average Bonchev–Trinajstić information content (AvgIpc) is 3.34. The van der Waals surface area contributed by atoms with E-state index < -0.39 is 6.43 Å². The van der Waals surface area contributed by atoms with Crippen molar-refractivity contribution in [1.29, 1.82) is 0 Å². The Labute approximate surface area is 207 Å². The number of fused-ring (bicyclic) bond motifs is 1. The first kappa shape index (κ1) is 22.8. The topological polar surface area (TPSA) is 71.3 Å². The van der Waals surface area contributed by atoms with Crippen LogP contribution >= 0.6 is 0 Å². The molecule has 0 atom stereocenters. The maximum atomic E-state index is 14.1. The number of nitrogens with zero attached hydrogens (tertiary/aromatic N) is 6. The lowest BCUT2D eigenvalue weighted by Crippen LogP contribution is -2.43. The molecule has 2 aromatic carbocycles. The van der Waals surface area contributed by atoms with Gasteiger partial charge in [-0.1, -0.05) is 24.3 Å². The van der Waals surface area contributed by atoms with E-state index in [2.05, 4.69) is 32.2 Å². The Hall–Kier alpha value is -3.63. The third-order valence-electron chi connectivity index (χ3n) is 6.66. The summed E-state index contributed by atoms with van der Waals surface area (Å²) in [4.78, 5) is 18.2. The second-order valence-corrected chi connectivity index (χ2v) is 8.89. The molecule has 0 saturated carbocycles. The number of benzene rings is 2. The van der Waals surface area contributed by atoms with Crippen LogP contribution < -0.4 is 15.1 Å². The standard InChI is InChI=1S/C26H27F2N7O/c27-24(28)25-30-20-3-1-2-4-22(20)35(25)26-31-21(17-23(32-26)34-13-15-36-16-14-34)18-5-7-19(8-6-18)33-11-9-29-10-12-33/h1-8,17,24,29H,9-16H2. The fourth-order valence-corrected chi connectivity index (χ4v) is 4.79. The van der Waals surface area contributed by atoms with Gasteiger partial charge in [-0.3, -0.25) is 4.57 Å². The molecule has 36 heavy (non-hydrogen) atoms. The van der Waals surface area contributed by atoms with E-state index in [0.717, 1.165) is 37.4 Å². The van der Waals surface area contributed by atoms with Gasteiger partial charge in [0.2, 0.25) is 5.95 Å². The molecule has 0 unspecified atom stereocenters. The largest absolute Gasteiger partial charge is 0.378 e. The minimum absolute atomic E-state index is 0.184. The second kappa shape index (κ2) is 9.79. The molecule has 2 fully saturated rings. The van der Waals surface area contributed by atoms with Crippen LogP contribution in [0.15, 0.2) is 54.6 Å². The minimum Gasteiger partial charge on any atom is -0.378 e. The quantitative estimate of drug-likeness (QED) is 0.457. The lowest BCUT2D eigenvalue weighted by atomic mass is 10.1. The van der Waals surface area contributed by atoms with E-state index in [-0.39, 0.29) is 11.8 Å². The van der Waals surface area contributed by atoms with Crippen molar-refractivity contribution in [2.24, 2.45) is 0 Å². The molecule has 0 amide bonds. The lowest BCUT2D eigenvalue weighted by Gasteiger charge is -2.29. The number of alkyl halides is 2. The zero-order valence-electron chi connectivity index (χ0n) is 19.8. The van der Waals surface area contributed by atoms with Crippen LogP contribution in [0.4, 0.5) is 20.3 Å². The number of hydrogen-bond donors (Lipinski definition) is 1. The second-order valence-electron chi connectivity index (χ2n) is 8.89. The van der Waals surface area contributed by atoms with Crippen molar-refractivity contribution in [3.05, 3.63) is 60.4 Å². The summed E-state index contributed by atoms with van der Waals surface area (Å²) in [5.41, 5.74) is 3.76. The molecule has 0 aliphatic carbocycles. The number of piperazine rings is 1. The predicted octanol–water partition coefficient (Wildman–Crippen LogP) is 3.67. The van der Waals surface area contributed by atoms with E-state index in [1.807, 2.05) is 18.2 Å². The van der Waals surface area contributed by atoms with Gasteiger partial charge in [0.05, 0.1) is 29.9 Å². The van der Waals surface area contributed by atoms with Crippen molar-refractivity contribution in [2.45, 2.75) is 6.43 Å². The molecule has 2 aliphatic rings. The van der Waals surface area contributed by atoms with E-state index in [1.165, 1.54) is 4.57 Å². The average molecular weight is 492 g/mol. The SMILES string of the molecule is FC(F)c1nc2ccccc2n1-c1nc(-c2ccc(N3CCNCC3)cc2)cc(N2CCOCC2)n1. The number of aromatic nitrogens is 4. The lowest BCUT2D eigenvalue weighted by molar-refractivity contribution is 0.122. The molecule has 0 spiro atoms. The molecular formula is C26H27F2N7O. The van der Waals surface area contributed by atoms with E-state index in [4.69, 9.17) is 14.7 Å². The smallest absolute Gasteiger partial charge is 0.296 e. The van der Waals surface area contributed by atoms with Gasteiger partial charge in [-0.05, 0) is 24.3 Å². The molecule has 8 nitrogen and oxygen atoms in total. The molecule has 1 N–H and O–H groups in total. The normalized spacial score (nSPS) is 16.8. The number of nitrogens with one attached hydrogen (secondary N) is 1. The minimum atomic E-state index is -2.77. The first-order chi connectivity index (χ1) is 17.7. The number of ether oxygens (including phenoxy) is 1. The van der Waals surface area contributed by atoms with Crippen molar-refractivity contribution >= 4 is 22.5 Å². The molecule has 2 aliphatic heterocycles. The van der Waals surface area contributed by atoms with Gasteiger partial charge in [0.1, 0.15) is 5.82 Å². The summed E-state index contributed by atoms with van der Waals surface area (Å²) in [5, 5.41) is 3.37. The summed E-state index contributed by atoms with van der Waals surface area (Å²) >= 11 is 0. The first-order valence-electron chi connectivity index (χ1n) is 12.2. The Morgan fingerprint density at radius 2 is 1.58 bits per heavy atom. The van der Waals surface area contributed by atoms with Crippen LogP contribution in [0.2, 0.25) is 0 Å². The first-order valence-corrected chi connectivity index (χ1v) is 12.2. The molecule has 2 aromatic heterocycles. The Bertz CT molecular complexity index is 1350. The van der Waals surface area contributed by atoms with Crippen molar-refractivity contribution in [3.63, 3.8) is 0 Å². The van der Waals surface area contributed by atoms with Crippen LogP contribution in [0.3, 0.4) is 0 Å². The van der Waals surface area contributed by atoms with Crippen molar-refractivity contribution in [2.75, 3.05) is 62.3 Å². The van der Waals surface area contributed by atoms with E-state index in [0.29, 0.717) is 48.8 Å². The highest BCUT2D eigenvalue weighted by Gasteiger charge is 2.24. The van der Waals surface area contributed by atoms with E-state index in [1.54, 1.807) is 24.3 Å². The van der Waals surface area contributed by atoms with Gasteiger partial charge in [0.15, 0.2) is 5.82 Å². The van der Waals surface area contributed by atoms with Crippen LogP contribution in [-0.4, -0.2) is 72.0 Å². The number of para-hydroxylation sites is 2. The number of halogens is 2.